The van der Waals surface area contributed by atoms with Gasteiger partial charge in [0.25, 0.3) is 0 Å². The molecule has 0 amide bonds. The summed E-state index contributed by atoms with van der Waals surface area (Å²) in [4.78, 5) is 12.4. The standard InChI is InChI=1S/C12H8F15NO/c1-5(2,28-4-29)3-6(13,14)7(15,16)8(17,18)9(19,20)10(21,22)11(23,24)12(25,26)27/h3H2,1-2H3. The van der Waals surface area contributed by atoms with E-state index < -0.39 is 53.7 Å². The van der Waals surface area contributed by atoms with E-state index in [9.17, 15) is 70.7 Å². The van der Waals surface area contributed by atoms with Crippen molar-refractivity contribution >= 4 is 6.08 Å². The number of rotatable bonds is 8. The number of halogens is 15. The smallest absolute Gasteiger partial charge is 0.211 e. The Hall–Kier alpha value is -1.67. The molecule has 0 bridgehead atoms. The minimum atomic E-state index is -8.33. The number of hydrogen-bond donors (Lipinski definition) is 0. The summed E-state index contributed by atoms with van der Waals surface area (Å²) in [6.45, 7) is 0.759. The molecule has 0 heterocycles. The van der Waals surface area contributed by atoms with Gasteiger partial charge in [0.2, 0.25) is 6.08 Å². The van der Waals surface area contributed by atoms with Gasteiger partial charge >= 0.3 is 41.7 Å². The van der Waals surface area contributed by atoms with Gasteiger partial charge in [0, 0.05) is 6.42 Å². The molecule has 0 saturated carbocycles. The normalized spacial score (nSPS) is 15.9. The van der Waals surface area contributed by atoms with Crippen molar-refractivity contribution in [3.05, 3.63) is 0 Å². The van der Waals surface area contributed by atoms with E-state index in [1.165, 1.54) is 0 Å². The zero-order valence-electron chi connectivity index (χ0n) is 13.7. The minimum absolute atomic E-state index is 0.380. The summed E-state index contributed by atoms with van der Waals surface area (Å²) in [6, 6.07) is 0. The average molecular weight is 467 g/mol. The van der Waals surface area contributed by atoms with E-state index in [1.54, 1.807) is 0 Å². The first-order valence-electron chi connectivity index (χ1n) is 6.69. The zero-order chi connectivity index (χ0) is 24.1. The second-order valence-electron chi connectivity index (χ2n) is 6.27. The number of alkyl halides is 15. The molecular weight excluding hydrogens is 459 g/mol. The van der Waals surface area contributed by atoms with Gasteiger partial charge in [-0.05, 0) is 13.8 Å². The molecule has 0 aromatic carbocycles. The Bertz CT molecular complexity index is 657. The van der Waals surface area contributed by atoms with Gasteiger partial charge in [-0.25, -0.2) is 4.79 Å². The molecule has 0 atom stereocenters. The van der Waals surface area contributed by atoms with Crippen LogP contribution in [0.15, 0.2) is 4.99 Å². The highest BCUT2D eigenvalue weighted by molar-refractivity contribution is 5.34. The molecule has 2 nitrogen and oxygen atoms in total. The van der Waals surface area contributed by atoms with Gasteiger partial charge in [0.1, 0.15) is 0 Å². The highest BCUT2D eigenvalue weighted by atomic mass is 19.4. The lowest BCUT2D eigenvalue weighted by atomic mass is 9.86. The molecule has 0 unspecified atom stereocenters. The molecule has 0 rings (SSSR count). The van der Waals surface area contributed by atoms with Crippen molar-refractivity contribution in [3.8, 4) is 0 Å². The number of nitrogens with zero attached hydrogens (tertiary/aromatic N) is 1. The predicted octanol–water partition coefficient (Wildman–Crippen LogP) is 5.87. The summed E-state index contributed by atoms with van der Waals surface area (Å²) in [5.74, 6) is -46.8. The Morgan fingerprint density at radius 2 is 0.897 bits per heavy atom. The van der Waals surface area contributed by atoms with E-state index in [2.05, 4.69) is 4.99 Å². The molecule has 0 aliphatic carbocycles. The lowest BCUT2D eigenvalue weighted by molar-refractivity contribution is -0.452. The van der Waals surface area contributed by atoms with Crippen LogP contribution in [0.1, 0.15) is 20.3 Å². The summed E-state index contributed by atoms with van der Waals surface area (Å²) >= 11 is 0. The van der Waals surface area contributed by atoms with Crippen molar-refractivity contribution in [3.63, 3.8) is 0 Å². The van der Waals surface area contributed by atoms with Crippen LogP contribution in [0.5, 0.6) is 0 Å². The molecule has 0 fully saturated rings. The van der Waals surface area contributed by atoms with Crippen LogP contribution in [0, 0.1) is 0 Å². The molecular formula is C12H8F15NO. The maximum atomic E-state index is 13.6. The Kier molecular flexibility index (Phi) is 6.54. The van der Waals surface area contributed by atoms with Crippen LogP contribution in [0.2, 0.25) is 0 Å². The van der Waals surface area contributed by atoms with E-state index in [4.69, 9.17) is 0 Å². The van der Waals surface area contributed by atoms with Crippen molar-refractivity contribution in [1.29, 1.82) is 0 Å². The molecule has 0 N–H and O–H groups in total. The van der Waals surface area contributed by atoms with Crippen LogP contribution < -0.4 is 0 Å². The van der Waals surface area contributed by atoms with Crippen molar-refractivity contribution in [1.82, 2.24) is 0 Å². The molecule has 0 radical (unpaired) electrons. The number of hydrogen-bond acceptors (Lipinski definition) is 2. The van der Waals surface area contributed by atoms with Crippen molar-refractivity contribution in [2.24, 2.45) is 4.99 Å². The molecule has 172 valence electrons. The fourth-order valence-corrected chi connectivity index (χ4v) is 1.82. The largest absolute Gasteiger partial charge is 0.460 e. The first-order chi connectivity index (χ1) is 12.3. The molecule has 0 aromatic heterocycles. The summed E-state index contributed by atoms with van der Waals surface area (Å²) in [6.07, 6.45) is -9.83. The molecule has 17 heteroatoms. The number of carbonyl (C=O) groups excluding carboxylic acids is 1. The quantitative estimate of drug-likeness (QED) is 0.250. The molecule has 29 heavy (non-hydrogen) atoms. The van der Waals surface area contributed by atoms with Crippen molar-refractivity contribution in [2.75, 3.05) is 0 Å². The van der Waals surface area contributed by atoms with Gasteiger partial charge in [-0.3, -0.25) is 0 Å². The number of isocyanates is 1. The van der Waals surface area contributed by atoms with Crippen LogP contribution in [0.4, 0.5) is 65.9 Å². The van der Waals surface area contributed by atoms with E-state index in [0.29, 0.717) is 19.9 Å². The summed E-state index contributed by atoms with van der Waals surface area (Å²) in [5.41, 5.74) is -2.74. The molecule has 0 aliphatic heterocycles. The monoisotopic (exact) mass is 467 g/mol. The van der Waals surface area contributed by atoms with Crippen LogP contribution in [0.25, 0.3) is 0 Å². The first kappa shape index (κ1) is 27.3. The van der Waals surface area contributed by atoms with Gasteiger partial charge in [-0.15, -0.1) is 0 Å². The van der Waals surface area contributed by atoms with Crippen molar-refractivity contribution < 1.29 is 70.7 Å². The third-order valence-electron chi connectivity index (χ3n) is 3.40. The Labute approximate surface area is 150 Å². The lowest BCUT2D eigenvalue weighted by Gasteiger charge is -2.42. The fraction of sp³-hybridized carbons (Fsp3) is 0.917. The van der Waals surface area contributed by atoms with Gasteiger partial charge < -0.3 is 0 Å². The summed E-state index contributed by atoms with van der Waals surface area (Å²) in [5, 5.41) is 0. The SMILES string of the molecule is CC(C)(CC(F)(F)C(F)(F)C(F)(F)C(F)(F)C(F)(F)C(F)(F)C(F)(F)F)N=C=O. The maximum absolute atomic E-state index is 13.6. The average Bonchev–Trinajstić information content (AvgIpc) is 2.43. The molecule has 0 aromatic rings. The second-order valence-corrected chi connectivity index (χ2v) is 6.27. The topological polar surface area (TPSA) is 29.4 Å². The maximum Gasteiger partial charge on any atom is 0.460 e. The zero-order valence-corrected chi connectivity index (χ0v) is 13.7. The Balaban J connectivity index is 6.53. The lowest BCUT2D eigenvalue weighted by Crippen LogP contribution is -2.72. The van der Waals surface area contributed by atoms with Crippen LogP contribution in [-0.2, 0) is 4.79 Å². The second kappa shape index (κ2) is 6.94. The third-order valence-corrected chi connectivity index (χ3v) is 3.40. The van der Waals surface area contributed by atoms with E-state index in [-0.39, 0.29) is 0 Å². The van der Waals surface area contributed by atoms with Gasteiger partial charge in [-0.2, -0.15) is 70.8 Å². The first-order valence-corrected chi connectivity index (χ1v) is 6.69. The van der Waals surface area contributed by atoms with Gasteiger partial charge in [0.15, 0.2) is 0 Å². The summed E-state index contributed by atoms with van der Waals surface area (Å²) < 4.78 is 194. The Morgan fingerprint density at radius 1 is 0.586 bits per heavy atom. The third kappa shape index (κ3) is 4.01. The highest BCUT2D eigenvalue weighted by Gasteiger charge is 2.93. The van der Waals surface area contributed by atoms with E-state index in [0.717, 1.165) is 0 Å². The summed E-state index contributed by atoms with van der Waals surface area (Å²) in [7, 11) is 0. The minimum Gasteiger partial charge on any atom is -0.211 e. The molecule has 0 spiro atoms. The van der Waals surface area contributed by atoms with E-state index >= 15 is 0 Å². The predicted molar refractivity (Wildman–Crippen MR) is 62.6 cm³/mol. The van der Waals surface area contributed by atoms with Crippen molar-refractivity contribution in [2.45, 2.75) is 67.5 Å². The number of aliphatic imine (C=N–C) groups is 1. The highest BCUT2D eigenvalue weighted by Crippen LogP contribution is 2.63. The van der Waals surface area contributed by atoms with Crippen LogP contribution in [0.3, 0.4) is 0 Å². The van der Waals surface area contributed by atoms with Crippen LogP contribution in [-0.4, -0.2) is 53.3 Å². The Morgan fingerprint density at radius 3 is 1.21 bits per heavy atom. The molecule has 0 saturated heterocycles. The van der Waals surface area contributed by atoms with Gasteiger partial charge in [0.05, 0.1) is 5.54 Å². The molecule has 0 aliphatic rings. The van der Waals surface area contributed by atoms with E-state index in [1.807, 2.05) is 0 Å². The van der Waals surface area contributed by atoms with Gasteiger partial charge in [-0.1, -0.05) is 0 Å². The fourth-order valence-electron chi connectivity index (χ4n) is 1.82. The van der Waals surface area contributed by atoms with Crippen LogP contribution >= 0.6 is 0 Å².